The molecule has 2 radical (unpaired) electrons. The lowest BCUT2D eigenvalue weighted by Crippen LogP contribution is -2.42. The van der Waals surface area contributed by atoms with E-state index < -0.39 is 41.8 Å². The van der Waals surface area contributed by atoms with Crippen LogP contribution in [0.5, 0.6) is 5.88 Å². The van der Waals surface area contributed by atoms with Gasteiger partial charge in [-0.2, -0.15) is 17.9 Å². The first-order valence-electron chi connectivity index (χ1n) is 7.73. The van der Waals surface area contributed by atoms with Gasteiger partial charge in [0.15, 0.2) is 0 Å². The SMILES string of the molecule is [B]C(O)(COc1ccn(C(=O)OC(C)(C)C)n1)CC1(C(F)(F)F)CC1. The minimum absolute atomic E-state index is 0.0633. The number of hydrogen-bond donors (Lipinski definition) is 1. The quantitative estimate of drug-likeness (QED) is 0.818. The van der Waals surface area contributed by atoms with Gasteiger partial charge in [-0.05, 0) is 40.0 Å². The molecule has 1 aliphatic rings. The van der Waals surface area contributed by atoms with E-state index in [0.29, 0.717) is 0 Å². The third-order valence-electron chi connectivity index (χ3n) is 3.71. The van der Waals surface area contributed by atoms with Crippen LogP contribution in [0.2, 0.25) is 0 Å². The summed E-state index contributed by atoms with van der Waals surface area (Å²) in [5, 5.41) is 13.8. The van der Waals surface area contributed by atoms with Crippen LogP contribution in [-0.2, 0) is 4.74 Å². The van der Waals surface area contributed by atoms with Crippen LogP contribution in [0, 0.1) is 5.41 Å². The van der Waals surface area contributed by atoms with Crippen molar-refractivity contribution in [3.8, 4) is 5.88 Å². The first kappa shape index (κ1) is 19.6. The molecular weight excluding hydrogens is 340 g/mol. The first-order chi connectivity index (χ1) is 11.2. The molecule has 25 heavy (non-hydrogen) atoms. The Balaban J connectivity index is 1.92. The average molecular weight is 360 g/mol. The van der Waals surface area contributed by atoms with Crippen LogP contribution in [0.3, 0.4) is 0 Å². The zero-order valence-electron chi connectivity index (χ0n) is 14.3. The summed E-state index contributed by atoms with van der Waals surface area (Å²) in [4.78, 5) is 11.8. The minimum Gasteiger partial charge on any atom is -0.474 e. The van der Waals surface area contributed by atoms with Crippen LogP contribution in [0.15, 0.2) is 12.3 Å². The molecule has 1 aromatic heterocycles. The molecule has 0 aromatic carbocycles. The van der Waals surface area contributed by atoms with Crippen molar-refractivity contribution in [3.63, 3.8) is 0 Å². The molecule has 1 atom stereocenters. The molecule has 0 bridgehead atoms. The molecule has 0 amide bonds. The van der Waals surface area contributed by atoms with Crippen molar-refractivity contribution in [2.75, 3.05) is 6.61 Å². The Bertz CT molecular complexity index is 633. The van der Waals surface area contributed by atoms with Crippen LogP contribution >= 0.6 is 0 Å². The standard InChI is InChI=1S/C15H20BF3N2O4/c1-12(2,3)25-11(22)21-7-4-10(20-21)24-9-14(16,23)8-13(5-6-13)15(17,18)19/h4,7,23H,5-6,8-9H2,1-3H3. The molecule has 2 rings (SSSR count). The second kappa shape index (κ2) is 6.23. The van der Waals surface area contributed by atoms with Gasteiger partial charge in [-0.15, -0.1) is 5.10 Å². The summed E-state index contributed by atoms with van der Waals surface area (Å²) >= 11 is 0. The number of nitrogens with zero attached hydrogens (tertiary/aromatic N) is 2. The molecule has 10 heteroatoms. The molecule has 0 aliphatic heterocycles. The third kappa shape index (κ3) is 5.13. The lowest BCUT2D eigenvalue weighted by atomic mass is 9.74. The molecule has 138 valence electrons. The summed E-state index contributed by atoms with van der Waals surface area (Å²) in [6.45, 7) is 4.48. The Morgan fingerprint density at radius 1 is 1.40 bits per heavy atom. The van der Waals surface area contributed by atoms with Crippen LogP contribution < -0.4 is 4.74 Å². The number of carbonyl (C=O) groups is 1. The van der Waals surface area contributed by atoms with Crippen molar-refractivity contribution in [2.24, 2.45) is 5.41 Å². The lowest BCUT2D eigenvalue weighted by molar-refractivity contribution is -0.198. The second-order valence-corrected chi connectivity index (χ2v) is 7.43. The summed E-state index contributed by atoms with van der Waals surface area (Å²) in [7, 11) is 5.54. The number of halogens is 3. The van der Waals surface area contributed by atoms with E-state index in [4.69, 9.17) is 17.3 Å². The van der Waals surface area contributed by atoms with E-state index in [1.807, 2.05) is 0 Å². The highest BCUT2D eigenvalue weighted by Gasteiger charge is 2.64. The molecule has 1 fully saturated rings. The summed E-state index contributed by atoms with van der Waals surface area (Å²) in [5.41, 5.74) is -4.82. The molecule has 6 nitrogen and oxygen atoms in total. The van der Waals surface area contributed by atoms with Gasteiger partial charge < -0.3 is 14.6 Å². The number of rotatable bonds is 5. The number of ether oxygens (including phenoxy) is 2. The van der Waals surface area contributed by atoms with E-state index in [1.54, 1.807) is 20.8 Å². The summed E-state index contributed by atoms with van der Waals surface area (Å²) in [5.74, 6) is -0.0633. The van der Waals surface area contributed by atoms with Crippen molar-refractivity contribution in [1.29, 1.82) is 0 Å². The number of carbonyl (C=O) groups excluding carboxylic acids is 1. The fourth-order valence-corrected chi connectivity index (χ4v) is 2.34. The van der Waals surface area contributed by atoms with Gasteiger partial charge in [0.05, 0.1) is 10.9 Å². The van der Waals surface area contributed by atoms with Crippen molar-refractivity contribution < 1.29 is 32.5 Å². The molecule has 0 saturated heterocycles. The summed E-state index contributed by atoms with van der Waals surface area (Å²) in [6.07, 6.45) is -4.67. The molecule has 1 aromatic rings. The monoisotopic (exact) mass is 360 g/mol. The molecule has 1 heterocycles. The summed E-state index contributed by atoms with van der Waals surface area (Å²) < 4.78 is 49.9. The maximum atomic E-state index is 12.9. The summed E-state index contributed by atoms with van der Waals surface area (Å²) in [6, 6.07) is 1.32. The number of aromatic nitrogens is 2. The Hall–Kier alpha value is -1.71. The van der Waals surface area contributed by atoms with Gasteiger partial charge in [-0.1, -0.05) is 0 Å². The van der Waals surface area contributed by atoms with Crippen LogP contribution in [0.1, 0.15) is 40.0 Å². The fourth-order valence-electron chi connectivity index (χ4n) is 2.34. The highest BCUT2D eigenvalue weighted by atomic mass is 19.4. The second-order valence-electron chi connectivity index (χ2n) is 7.43. The smallest absolute Gasteiger partial charge is 0.435 e. The van der Waals surface area contributed by atoms with E-state index in [1.165, 1.54) is 12.3 Å². The van der Waals surface area contributed by atoms with Crippen molar-refractivity contribution in [1.82, 2.24) is 9.78 Å². The van der Waals surface area contributed by atoms with Gasteiger partial charge in [0.1, 0.15) is 20.1 Å². The highest BCUT2D eigenvalue weighted by Crippen LogP contribution is 2.61. The topological polar surface area (TPSA) is 73.6 Å². The highest BCUT2D eigenvalue weighted by molar-refractivity contribution is 6.14. The van der Waals surface area contributed by atoms with Crippen LogP contribution in [0.25, 0.3) is 0 Å². The maximum absolute atomic E-state index is 12.9. The maximum Gasteiger partial charge on any atom is 0.435 e. The third-order valence-corrected chi connectivity index (χ3v) is 3.71. The first-order valence-corrected chi connectivity index (χ1v) is 7.73. The molecule has 1 N–H and O–H groups in total. The zero-order chi connectivity index (χ0) is 19.1. The Morgan fingerprint density at radius 3 is 2.48 bits per heavy atom. The van der Waals surface area contributed by atoms with Crippen LogP contribution in [-0.4, -0.2) is 52.7 Å². The number of alkyl halides is 3. The minimum atomic E-state index is -4.42. The van der Waals surface area contributed by atoms with E-state index >= 15 is 0 Å². The number of hydrogen-bond acceptors (Lipinski definition) is 5. The average Bonchev–Trinajstić information content (AvgIpc) is 3.02. The van der Waals surface area contributed by atoms with Gasteiger partial charge in [-0.3, -0.25) is 0 Å². The fraction of sp³-hybridized carbons (Fsp3) is 0.733. The van der Waals surface area contributed by atoms with E-state index in [9.17, 15) is 23.1 Å². The van der Waals surface area contributed by atoms with Gasteiger partial charge in [-0.25, -0.2) is 4.79 Å². The largest absolute Gasteiger partial charge is 0.474 e. The van der Waals surface area contributed by atoms with E-state index in [-0.39, 0.29) is 18.7 Å². The zero-order valence-corrected chi connectivity index (χ0v) is 14.3. The molecule has 0 spiro atoms. The van der Waals surface area contributed by atoms with E-state index in [0.717, 1.165) is 4.68 Å². The molecule has 1 saturated carbocycles. The van der Waals surface area contributed by atoms with E-state index in [2.05, 4.69) is 5.10 Å². The Labute approximate surface area is 144 Å². The van der Waals surface area contributed by atoms with Gasteiger partial charge >= 0.3 is 12.3 Å². The Kier molecular flexibility index (Phi) is 4.89. The van der Waals surface area contributed by atoms with Crippen molar-refractivity contribution in [2.45, 2.75) is 57.3 Å². The lowest BCUT2D eigenvalue weighted by Gasteiger charge is -2.30. The Morgan fingerprint density at radius 2 is 2.00 bits per heavy atom. The normalized spacial score (nSPS) is 19.2. The van der Waals surface area contributed by atoms with Crippen molar-refractivity contribution >= 4 is 13.9 Å². The van der Waals surface area contributed by atoms with Gasteiger partial charge in [0, 0.05) is 12.3 Å². The predicted octanol–water partition coefficient (Wildman–Crippen LogP) is 2.63. The number of aliphatic hydroxyl groups is 1. The molecule has 1 aliphatic carbocycles. The van der Waals surface area contributed by atoms with Gasteiger partial charge in [0.25, 0.3) is 0 Å². The van der Waals surface area contributed by atoms with Gasteiger partial charge in [0.2, 0.25) is 5.88 Å². The van der Waals surface area contributed by atoms with Crippen molar-refractivity contribution in [3.05, 3.63) is 12.3 Å². The van der Waals surface area contributed by atoms with Crippen LogP contribution in [0.4, 0.5) is 18.0 Å². The molecular formula is C15H20BF3N2O4. The molecule has 1 unspecified atom stereocenters. The predicted molar refractivity (Wildman–Crippen MR) is 82.4 cm³/mol.